The summed E-state index contributed by atoms with van der Waals surface area (Å²) in [5, 5.41) is 5.92. The van der Waals surface area contributed by atoms with Gasteiger partial charge in [-0.2, -0.15) is 0 Å². The molecule has 0 unspecified atom stereocenters. The Kier molecular flexibility index (Phi) is 5.77. The summed E-state index contributed by atoms with van der Waals surface area (Å²) in [6, 6.07) is 5.59. The van der Waals surface area contributed by atoms with E-state index in [1.807, 2.05) is 22.4 Å². The zero-order chi connectivity index (χ0) is 19.2. The lowest BCUT2D eigenvalue weighted by Crippen LogP contribution is -2.39. The Bertz CT molecular complexity index is 924. The third-order valence-electron chi connectivity index (χ3n) is 4.65. The second kappa shape index (κ2) is 8.79. The highest BCUT2D eigenvalue weighted by Crippen LogP contribution is 2.22. The zero-order valence-electron chi connectivity index (χ0n) is 15.3. The van der Waals surface area contributed by atoms with Crippen molar-refractivity contribution in [3.05, 3.63) is 59.9 Å². The van der Waals surface area contributed by atoms with Crippen molar-refractivity contribution in [3.8, 4) is 0 Å². The highest BCUT2D eigenvalue weighted by Gasteiger charge is 2.23. The van der Waals surface area contributed by atoms with Gasteiger partial charge in [-0.15, -0.1) is 11.3 Å². The minimum Gasteiger partial charge on any atom is -0.465 e. The van der Waals surface area contributed by atoms with E-state index in [9.17, 15) is 4.79 Å². The summed E-state index contributed by atoms with van der Waals surface area (Å²) in [5.41, 5.74) is 0.972. The maximum absolute atomic E-state index is 12.5. The van der Waals surface area contributed by atoms with Crippen LogP contribution in [0.3, 0.4) is 0 Å². The molecule has 0 spiro atoms. The third kappa shape index (κ3) is 4.83. The van der Waals surface area contributed by atoms with Gasteiger partial charge in [-0.3, -0.25) is 4.79 Å². The fraction of sp³-hybridized carbons (Fsp3) is 0.300. The Hall–Kier alpha value is -3.00. The van der Waals surface area contributed by atoms with E-state index in [-0.39, 0.29) is 5.91 Å². The topological polar surface area (TPSA) is 84.2 Å². The monoisotopic (exact) mass is 395 g/mol. The number of piperidine rings is 1. The number of rotatable bonds is 6. The molecule has 3 aromatic rings. The maximum Gasteiger partial charge on any atom is 0.246 e. The van der Waals surface area contributed by atoms with Gasteiger partial charge in [-0.25, -0.2) is 15.0 Å². The van der Waals surface area contributed by atoms with Crippen molar-refractivity contribution in [2.24, 2.45) is 5.92 Å². The van der Waals surface area contributed by atoms with E-state index < -0.39 is 0 Å². The smallest absolute Gasteiger partial charge is 0.246 e. The maximum atomic E-state index is 12.5. The third-order valence-corrected chi connectivity index (χ3v) is 5.34. The van der Waals surface area contributed by atoms with Crippen LogP contribution in [0.5, 0.6) is 0 Å². The molecule has 1 amide bonds. The molecule has 7 nitrogen and oxygen atoms in total. The number of amides is 1. The minimum absolute atomic E-state index is 0.0231. The highest BCUT2D eigenvalue weighted by atomic mass is 32.1. The van der Waals surface area contributed by atoms with Crippen LogP contribution in [-0.4, -0.2) is 38.8 Å². The van der Waals surface area contributed by atoms with Gasteiger partial charge in [-0.05, 0) is 43.4 Å². The van der Waals surface area contributed by atoms with Gasteiger partial charge in [0.25, 0.3) is 0 Å². The second-order valence-corrected chi connectivity index (χ2v) is 7.60. The molecule has 28 heavy (non-hydrogen) atoms. The quantitative estimate of drug-likeness (QED) is 0.640. The van der Waals surface area contributed by atoms with Crippen LogP contribution >= 0.6 is 11.3 Å². The number of thiazole rings is 1. The Labute approximate surface area is 167 Å². The molecule has 1 fully saturated rings. The molecular weight excluding hydrogens is 374 g/mol. The molecule has 0 saturated carbocycles. The SMILES string of the molecule is O=C(/C=C/c1ccco1)N1CCC[C@H](Cc2cc(Nc3nccs3)ncn2)C1. The Morgan fingerprint density at radius 1 is 1.39 bits per heavy atom. The van der Waals surface area contributed by atoms with Gasteiger partial charge >= 0.3 is 0 Å². The van der Waals surface area contributed by atoms with Crippen LogP contribution in [0.2, 0.25) is 0 Å². The number of nitrogens with zero attached hydrogens (tertiary/aromatic N) is 4. The summed E-state index contributed by atoms with van der Waals surface area (Å²) in [6.45, 7) is 1.53. The number of hydrogen-bond donors (Lipinski definition) is 1. The molecule has 0 bridgehead atoms. The normalized spacial score (nSPS) is 17.1. The molecule has 3 aromatic heterocycles. The molecule has 4 heterocycles. The second-order valence-electron chi connectivity index (χ2n) is 6.70. The van der Waals surface area contributed by atoms with Gasteiger partial charge in [0.2, 0.25) is 5.91 Å². The first kappa shape index (κ1) is 18.4. The van der Waals surface area contributed by atoms with Crippen LogP contribution in [0.25, 0.3) is 6.08 Å². The van der Waals surface area contributed by atoms with Gasteiger partial charge in [-0.1, -0.05) is 0 Å². The molecule has 4 rings (SSSR count). The highest BCUT2D eigenvalue weighted by molar-refractivity contribution is 7.13. The lowest BCUT2D eigenvalue weighted by atomic mass is 9.93. The number of anilines is 2. The summed E-state index contributed by atoms with van der Waals surface area (Å²) in [6.07, 6.45) is 11.1. The number of furan rings is 1. The van der Waals surface area contributed by atoms with Crippen molar-refractivity contribution < 1.29 is 9.21 Å². The molecule has 1 saturated heterocycles. The summed E-state index contributed by atoms with van der Waals surface area (Å²) < 4.78 is 5.24. The number of aromatic nitrogens is 3. The van der Waals surface area contributed by atoms with Crippen molar-refractivity contribution in [3.63, 3.8) is 0 Å². The molecule has 1 atom stereocenters. The standard InChI is InChI=1S/C20H21N5O2S/c26-19(6-5-17-4-2-9-27-17)25-8-1-3-15(13-25)11-16-12-18(23-14-22-16)24-20-21-7-10-28-20/h2,4-7,9-10,12,14-15H,1,3,8,11,13H2,(H,21,22,23,24)/b6-5+/t15-/m1/s1. The number of nitrogens with one attached hydrogen (secondary N) is 1. The lowest BCUT2D eigenvalue weighted by molar-refractivity contribution is -0.127. The van der Waals surface area contributed by atoms with Crippen molar-refractivity contribution in [2.75, 3.05) is 18.4 Å². The fourth-order valence-electron chi connectivity index (χ4n) is 3.34. The molecule has 1 aliphatic heterocycles. The number of hydrogen-bond acceptors (Lipinski definition) is 7. The van der Waals surface area contributed by atoms with Crippen molar-refractivity contribution in [1.29, 1.82) is 0 Å². The summed E-state index contributed by atoms with van der Waals surface area (Å²) in [4.78, 5) is 27.3. The van der Waals surface area contributed by atoms with Gasteiger partial charge in [0.15, 0.2) is 5.13 Å². The Balaban J connectivity index is 1.35. The Morgan fingerprint density at radius 2 is 2.36 bits per heavy atom. The molecular formula is C20H21N5O2S. The largest absolute Gasteiger partial charge is 0.465 e. The van der Waals surface area contributed by atoms with Crippen LogP contribution in [0.1, 0.15) is 24.3 Å². The summed E-state index contributed by atoms with van der Waals surface area (Å²) >= 11 is 1.53. The van der Waals surface area contributed by atoms with E-state index in [1.54, 1.807) is 37.0 Å². The number of likely N-dealkylation sites (tertiary alicyclic amines) is 1. The van der Waals surface area contributed by atoms with Gasteiger partial charge < -0.3 is 14.6 Å². The van der Waals surface area contributed by atoms with E-state index in [2.05, 4.69) is 20.3 Å². The van der Waals surface area contributed by atoms with Crippen LogP contribution < -0.4 is 5.32 Å². The van der Waals surface area contributed by atoms with Gasteiger partial charge in [0.1, 0.15) is 17.9 Å². The van der Waals surface area contributed by atoms with Crippen LogP contribution in [-0.2, 0) is 11.2 Å². The predicted molar refractivity (Wildman–Crippen MR) is 108 cm³/mol. The van der Waals surface area contributed by atoms with Crippen molar-refractivity contribution in [1.82, 2.24) is 19.9 Å². The molecule has 144 valence electrons. The predicted octanol–water partition coefficient (Wildman–Crippen LogP) is 3.76. The molecule has 8 heteroatoms. The minimum atomic E-state index is 0.0231. The van der Waals surface area contributed by atoms with Crippen LogP contribution in [0.15, 0.2) is 52.9 Å². The van der Waals surface area contributed by atoms with Gasteiger partial charge in [0, 0.05) is 42.5 Å². The average Bonchev–Trinajstić information content (AvgIpc) is 3.41. The first-order valence-corrected chi connectivity index (χ1v) is 10.1. The zero-order valence-corrected chi connectivity index (χ0v) is 16.1. The first-order chi connectivity index (χ1) is 13.8. The lowest BCUT2D eigenvalue weighted by Gasteiger charge is -2.32. The summed E-state index contributed by atoms with van der Waals surface area (Å²) in [5.74, 6) is 1.83. The van der Waals surface area contributed by atoms with Gasteiger partial charge in [0.05, 0.1) is 6.26 Å². The Morgan fingerprint density at radius 3 is 3.18 bits per heavy atom. The average molecular weight is 395 g/mol. The van der Waals surface area contributed by atoms with Crippen molar-refractivity contribution in [2.45, 2.75) is 19.3 Å². The molecule has 1 aliphatic rings. The number of carbonyl (C=O) groups is 1. The number of carbonyl (C=O) groups excluding carboxylic acids is 1. The van der Waals surface area contributed by atoms with E-state index in [4.69, 9.17) is 4.42 Å². The van der Waals surface area contributed by atoms with E-state index in [1.165, 1.54) is 11.3 Å². The van der Waals surface area contributed by atoms with E-state index >= 15 is 0 Å². The molecule has 0 aromatic carbocycles. The van der Waals surface area contributed by atoms with Crippen molar-refractivity contribution >= 4 is 34.3 Å². The molecule has 0 radical (unpaired) electrons. The van der Waals surface area contributed by atoms with Crippen LogP contribution in [0.4, 0.5) is 10.9 Å². The molecule has 1 N–H and O–H groups in total. The van der Waals surface area contributed by atoms with Crippen LogP contribution in [0, 0.1) is 5.92 Å². The van der Waals surface area contributed by atoms with E-state index in [0.29, 0.717) is 11.7 Å². The fourth-order valence-corrected chi connectivity index (χ4v) is 3.88. The molecule has 0 aliphatic carbocycles. The summed E-state index contributed by atoms with van der Waals surface area (Å²) in [7, 11) is 0. The first-order valence-electron chi connectivity index (χ1n) is 9.24. The van der Waals surface area contributed by atoms with E-state index in [0.717, 1.165) is 49.0 Å².